The second-order valence-electron chi connectivity index (χ2n) is 9.37. The number of fused-ring (bicyclic) bond motifs is 1. The molecule has 0 radical (unpaired) electrons. The van der Waals surface area contributed by atoms with Crippen LogP contribution < -0.4 is 15.6 Å². The third kappa shape index (κ3) is 4.49. The van der Waals surface area contributed by atoms with E-state index in [4.69, 9.17) is 4.74 Å². The van der Waals surface area contributed by atoms with Crippen molar-refractivity contribution in [1.82, 2.24) is 19.8 Å². The maximum Gasteiger partial charge on any atom is 0.256 e. The Labute approximate surface area is 201 Å². The fourth-order valence-corrected chi connectivity index (χ4v) is 5.46. The molecule has 1 aliphatic rings. The van der Waals surface area contributed by atoms with Gasteiger partial charge in [0.15, 0.2) is 0 Å². The van der Waals surface area contributed by atoms with Crippen LogP contribution in [0.4, 0.5) is 0 Å². The van der Waals surface area contributed by atoms with E-state index in [0.29, 0.717) is 28.8 Å². The summed E-state index contributed by atoms with van der Waals surface area (Å²) < 4.78 is 7.72. The number of ether oxygens (including phenoxy) is 1. The predicted octanol–water partition coefficient (Wildman–Crippen LogP) is 4.18. The Morgan fingerprint density at radius 2 is 1.94 bits per heavy atom. The number of rotatable bonds is 7. The van der Waals surface area contributed by atoms with Gasteiger partial charge in [-0.25, -0.2) is 0 Å². The number of aromatic nitrogens is 2. The third-order valence-corrected chi connectivity index (χ3v) is 7.43. The first kappa shape index (κ1) is 24.1. The number of methoxy groups -OCH3 is 1. The van der Waals surface area contributed by atoms with Crippen LogP contribution in [0.15, 0.2) is 35.1 Å². The number of hydrogen-bond acceptors (Lipinski definition) is 4. The van der Waals surface area contributed by atoms with Gasteiger partial charge in [0, 0.05) is 28.3 Å². The molecule has 7 nitrogen and oxygen atoms in total. The molecule has 34 heavy (non-hydrogen) atoms. The maximum atomic E-state index is 13.4. The Bertz CT molecular complexity index is 1230. The van der Waals surface area contributed by atoms with E-state index in [1.54, 1.807) is 13.0 Å². The zero-order valence-corrected chi connectivity index (χ0v) is 20.9. The number of aryl methyl sites for hydroxylation is 1. The van der Waals surface area contributed by atoms with Crippen molar-refractivity contribution in [2.24, 2.45) is 5.92 Å². The van der Waals surface area contributed by atoms with E-state index in [-0.39, 0.29) is 18.0 Å². The summed E-state index contributed by atoms with van der Waals surface area (Å²) in [6, 6.07) is 10.2. The van der Waals surface area contributed by atoms with Crippen molar-refractivity contribution >= 4 is 16.8 Å². The van der Waals surface area contributed by atoms with Gasteiger partial charge >= 0.3 is 0 Å². The number of para-hydroxylation sites is 1. The van der Waals surface area contributed by atoms with Crippen LogP contribution in [-0.2, 0) is 6.54 Å². The average Bonchev–Trinajstić information content (AvgIpc) is 3.14. The highest BCUT2D eigenvalue weighted by molar-refractivity contribution is 6.08. The second-order valence-corrected chi connectivity index (χ2v) is 9.37. The van der Waals surface area contributed by atoms with E-state index in [2.05, 4.69) is 39.7 Å². The number of amides is 1. The number of nitrogens with zero attached hydrogens (tertiary/aromatic N) is 2. The first-order valence-electron chi connectivity index (χ1n) is 12.2. The van der Waals surface area contributed by atoms with Crippen molar-refractivity contribution in [2.75, 3.05) is 26.7 Å². The van der Waals surface area contributed by atoms with Crippen LogP contribution in [0.3, 0.4) is 0 Å². The standard InChI is InChI=1S/C27H36N4O3/c1-6-30-13-11-20(12-14-30)18(3)31-19(4)25(21-9-7-8-10-23(21)31)27(33)28-16-22-24(34-5)15-17(2)29-26(22)32/h7-10,15,18,20H,6,11-14,16H2,1-5H3,(H,28,33)(H,29,32)/t18-/m1/s1. The fourth-order valence-electron chi connectivity index (χ4n) is 5.46. The summed E-state index contributed by atoms with van der Waals surface area (Å²) in [5.74, 6) is 0.874. The normalized spacial score (nSPS) is 16.0. The monoisotopic (exact) mass is 464 g/mol. The molecule has 1 fully saturated rings. The number of hydrogen-bond donors (Lipinski definition) is 2. The number of nitrogens with one attached hydrogen (secondary N) is 2. The molecule has 0 saturated carbocycles. The number of pyridine rings is 1. The molecule has 4 rings (SSSR count). The lowest BCUT2D eigenvalue weighted by Gasteiger charge is -2.35. The van der Waals surface area contributed by atoms with Gasteiger partial charge in [-0.3, -0.25) is 9.59 Å². The Morgan fingerprint density at radius 1 is 1.24 bits per heavy atom. The Hall–Kier alpha value is -3.06. The molecule has 0 spiro atoms. The van der Waals surface area contributed by atoms with Crippen LogP contribution >= 0.6 is 0 Å². The molecule has 0 aliphatic carbocycles. The number of piperidine rings is 1. The van der Waals surface area contributed by atoms with Gasteiger partial charge in [0.25, 0.3) is 11.5 Å². The molecule has 0 unspecified atom stereocenters. The molecule has 182 valence electrons. The largest absolute Gasteiger partial charge is 0.496 e. The molecule has 3 heterocycles. The Kier molecular flexibility index (Phi) is 7.12. The topological polar surface area (TPSA) is 79.4 Å². The summed E-state index contributed by atoms with van der Waals surface area (Å²) in [6.07, 6.45) is 2.33. The van der Waals surface area contributed by atoms with Gasteiger partial charge in [-0.05, 0) is 71.3 Å². The first-order chi connectivity index (χ1) is 16.3. The molecule has 7 heteroatoms. The number of H-pyrrole nitrogens is 1. The highest BCUT2D eigenvalue weighted by Gasteiger charge is 2.29. The van der Waals surface area contributed by atoms with E-state index < -0.39 is 0 Å². The molecular formula is C27H36N4O3. The second kappa shape index (κ2) is 10.1. The van der Waals surface area contributed by atoms with Crippen LogP contribution in [0, 0.1) is 19.8 Å². The lowest BCUT2D eigenvalue weighted by molar-refractivity contribution is 0.0951. The van der Waals surface area contributed by atoms with Gasteiger partial charge in [0.2, 0.25) is 0 Å². The van der Waals surface area contributed by atoms with Crippen LogP contribution in [0.2, 0.25) is 0 Å². The van der Waals surface area contributed by atoms with E-state index in [9.17, 15) is 9.59 Å². The van der Waals surface area contributed by atoms with Gasteiger partial charge in [-0.2, -0.15) is 0 Å². The van der Waals surface area contributed by atoms with Crippen molar-refractivity contribution in [2.45, 2.75) is 53.1 Å². The Morgan fingerprint density at radius 3 is 2.62 bits per heavy atom. The lowest BCUT2D eigenvalue weighted by atomic mass is 9.90. The molecule has 1 aliphatic heterocycles. The van der Waals surface area contributed by atoms with Crippen molar-refractivity contribution in [1.29, 1.82) is 0 Å². The summed E-state index contributed by atoms with van der Waals surface area (Å²) >= 11 is 0. The number of likely N-dealkylation sites (tertiary alicyclic amines) is 1. The van der Waals surface area contributed by atoms with E-state index in [0.717, 1.165) is 41.9 Å². The Balaban J connectivity index is 1.63. The zero-order valence-electron chi connectivity index (χ0n) is 20.9. The smallest absolute Gasteiger partial charge is 0.256 e. The first-order valence-corrected chi connectivity index (χ1v) is 12.2. The van der Waals surface area contributed by atoms with Crippen molar-refractivity contribution in [3.05, 3.63) is 63.2 Å². The van der Waals surface area contributed by atoms with Gasteiger partial charge < -0.3 is 24.5 Å². The minimum atomic E-state index is -0.247. The molecule has 1 saturated heterocycles. The molecule has 3 aromatic rings. The van der Waals surface area contributed by atoms with Crippen LogP contribution in [0.5, 0.6) is 5.75 Å². The van der Waals surface area contributed by atoms with E-state index in [1.807, 2.05) is 25.1 Å². The van der Waals surface area contributed by atoms with Crippen LogP contribution in [0.25, 0.3) is 10.9 Å². The fraction of sp³-hybridized carbons (Fsp3) is 0.481. The van der Waals surface area contributed by atoms with Gasteiger partial charge in [-0.1, -0.05) is 25.1 Å². The number of benzene rings is 1. The lowest BCUT2D eigenvalue weighted by Crippen LogP contribution is -2.36. The molecule has 1 atom stereocenters. The molecule has 2 N–H and O–H groups in total. The van der Waals surface area contributed by atoms with Crippen LogP contribution in [-0.4, -0.2) is 47.1 Å². The van der Waals surface area contributed by atoms with Crippen molar-refractivity contribution < 1.29 is 9.53 Å². The summed E-state index contributed by atoms with van der Waals surface area (Å²) in [6.45, 7) is 11.8. The van der Waals surface area contributed by atoms with Gasteiger partial charge in [0.05, 0.1) is 24.8 Å². The highest BCUT2D eigenvalue weighted by Crippen LogP contribution is 2.35. The maximum absolute atomic E-state index is 13.4. The van der Waals surface area contributed by atoms with Crippen LogP contribution in [0.1, 0.15) is 60.0 Å². The average molecular weight is 465 g/mol. The summed E-state index contributed by atoms with van der Waals surface area (Å²) in [7, 11) is 1.53. The predicted molar refractivity (Wildman–Crippen MR) is 136 cm³/mol. The molecule has 0 bridgehead atoms. The number of carbonyl (C=O) groups excluding carboxylic acids is 1. The SMILES string of the molecule is CCN1CCC([C@@H](C)n2c(C)c(C(=O)NCc3c(OC)cc(C)[nH]c3=O)c3ccccc32)CC1. The summed E-state index contributed by atoms with van der Waals surface area (Å²) in [5, 5.41) is 3.91. The number of carbonyl (C=O) groups is 1. The number of aromatic amines is 1. The molecule has 1 amide bonds. The molecule has 1 aromatic carbocycles. The highest BCUT2D eigenvalue weighted by atomic mass is 16.5. The van der Waals surface area contributed by atoms with E-state index in [1.165, 1.54) is 20.0 Å². The van der Waals surface area contributed by atoms with Gasteiger partial charge in [-0.15, -0.1) is 0 Å². The molecule has 2 aromatic heterocycles. The summed E-state index contributed by atoms with van der Waals surface area (Å²) in [4.78, 5) is 31.2. The van der Waals surface area contributed by atoms with Gasteiger partial charge in [0.1, 0.15) is 5.75 Å². The quantitative estimate of drug-likeness (QED) is 0.550. The minimum absolute atomic E-state index is 0.0988. The zero-order chi connectivity index (χ0) is 24.4. The van der Waals surface area contributed by atoms with Crippen molar-refractivity contribution in [3.63, 3.8) is 0 Å². The minimum Gasteiger partial charge on any atom is -0.496 e. The third-order valence-electron chi connectivity index (χ3n) is 7.43. The van der Waals surface area contributed by atoms with E-state index >= 15 is 0 Å². The van der Waals surface area contributed by atoms with Crippen molar-refractivity contribution in [3.8, 4) is 5.75 Å². The molecular weight excluding hydrogens is 428 g/mol. The summed E-state index contributed by atoms with van der Waals surface area (Å²) in [5.41, 5.74) is 3.61.